The van der Waals surface area contributed by atoms with Crippen LogP contribution < -0.4 is 5.73 Å². The van der Waals surface area contributed by atoms with Crippen LogP contribution in [0.15, 0.2) is 36.8 Å². The van der Waals surface area contributed by atoms with Crippen LogP contribution in [-0.2, 0) is 9.47 Å². The summed E-state index contributed by atoms with van der Waals surface area (Å²) in [6.07, 6.45) is 2.72. The average molecular weight is 163 g/mol. The summed E-state index contributed by atoms with van der Waals surface area (Å²) >= 11 is 0. The molecule has 62 valence electrons. The fourth-order valence-corrected chi connectivity index (χ4v) is 1.10. The number of nitrogen functional groups attached to an aromatic ring is 1. The van der Waals surface area contributed by atoms with Gasteiger partial charge in [0.05, 0.1) is 0 Å². The van der Waals surface area contributed by atoms with Gasteiger partial charge in [-0.05, 0) is 12.1 Å². The summed E-state index contributed by atoms with van der Waals surface area (Å²) in [5, 5.41) is 0. The number of hydrogen-bond donors (Lipinski definition) is 1. The third-order valence-electron chi connectivity index (χ3n) is 1.64. The van der Waals surface area contributed by atoms with Gasteiger partial charge >= 0.3 is 0 Å². The highest BCUT2D eigenvalue weighted by molar-refractivity contribution is 5.41. The Morgan fingerprint density at radius 2 is 1.92 bits per heavy atom. The molecule has 0 unspecified atom stereocenters. The molecule has 3 nitrogen and oxygen atoms in total. The second kappa shape index (κ2) is 2.77. The van der Waals surface area contributed by atoms with Gasteiger partial charge in [-0.2, -0.15) is 0 Å². The minimum Gasteiger partial charge on any atom is -0.455 e. The minimum absolute atomic E-state index is 0.325. The van der Waals surface area contributed by atoms with Crippen molar-refractivity contribution in [3.63, 3.8) is 0 Å². The van der Waals surface area contributed by atoms with E-state index < -0.39 is 0 Å². The molecule has 0 saturated carbocycles. The van der Waals surface area contributed by atoms with Crippen LogP contribution in [0.5, 0.6) is 0 Å². The Hall–Kier alpha value is -1.64. The van der Waals surface area contributed by atoms with Crippen molar-refractivity contribution in [1.29, 1.82) is 0 Å². The zero-order valence-corrected chi connectivity index (χ0v) is 6.44. The predicted molar refractivity (Wildman–Crippen MR) is 44.9 cm³/mol. The van der Waals surface area contributed by atoms with Crippen LogP contribution in [0.2, 0.25) is 0 Å². The normalized spacial score (nSPS) is 15.7. The molecule has 0 aromatic heterocycles. The van der Waals surface area contributed by atoms with E-state index in [1.807, 2.05) is 24.3 Å². The molecule has 1 aromatic rings. The smallest absolute Gasteiger partial charge is 0.266 e. The van der Waals surface area contributed by atoms with E-state index in [-0.39, 0.29) is 6.29 Å². The van der Waals surface area contributed by atoms with Crippen LogP contribution in [0.3, 0.4) is 0 Å². The van der Waals surface area contributed by atoms with Gasteiger partial charge in [0.15, 0.2) is 0 Å². The van der Waals surface area contributed by atoms with E-state index in [1.54, 1.807) is 0 Å². The second-order valence-electron chi connectivity index (χ2n) is 2.55. The molecular formula is C9H9NO2. The van der Waals surface area contributed by atoms with Crippen LogP contribution in [0, 0.1) is 0 Å². The maximum Gasteiger partial charge on any atom is 0.266 e. The van der Waals surface area contributed by atoms with Crippen molar-refractivity contribution in [2.24, 2.45) is 0 Å². The Balaban J connectivity index is 2.22. The standard InChI is InChI=1S/C9H9NO2/c10-8-3-1-2-7(6-8)9-11-4-5-12-9/h1-6,9H,10H2. The third-order valence-corrected chi connectivity index (χ3v) is 1.64. The summed E-state index contributed by atoms with van der Waals surface area (Å²) in [7, 11) is 0. The lowest BCUT2D eigenvalue weighted by atomic mass is 10.2. The van der Waals surface area contributed by atoms with Gasteiger partial charge in [0.2, 0.25) is 0 Å². The molecule has 1 aromatic carbocycles. The molecule has 0 radical (unpaired) electrons. The first-order valence-electron chi connectivity index (χ1n) is 3.67. The van der Waals surface area contributed by atoms with Gasteiger partial charge in [0.25, 0.3) is 6.29 Å². The fraction of sp³-hybridized carbons (Fsp3) is 0.111. The highest BCUT2D eigenvalue weighted by Crippen LogP contribution is 2.24. The van der Waals surface area contributed by atoms with E-state index in [0.717, 1.165) is 5.56 Å². The van der Waals surface area contributed by atoms with Crippen LogP contribution >= 0.6 is 0 Å². The van der Waals surface area contributed by atoms with E-state index in [2.05, 4.69) is 0 Å². The molecule has 0 amide bonds. The highest BCUT2D eigenvalue weighted by atomic mass is 16.7. The zero-order valence-electron chi connectivity index (χ0n) is 6.44. The molecule has 0 aliphatic carbocycles. The molecule has 0 saturated heterocycles. The van der Waals surface area contributed by atoms with Gasteiger partial charge in [-0.1, -0.05) is 12.1 Å². The van der Waals surface area contributed by atoms with Gasteiger partial charge in [-0.15, -0.1) is 0 Å². The van der Waals surface area contributed by atoms with Crippen LogP contribution in [0.25, 0.3) is 0 Å². The molecule has 0 spiro atoms. The monoisotopic (exact) mass is 163 g/mol. The molecule has 0 fully saturated rings. The van der Waals surface area contributed by atoms with Crippen molar-refractivity contribution in [3.8, 4) is 0 Å². The lowest BCUT2D eigenvalue weighted by molar-refractivity contribution is -0.0245. The van der Waals surface area contributed by atoms with E-state index in [4.69, 9.17) is 15.2 Å². The summed E-state index contributed by atoms with van der Waals surface area (Å²) < 4.78 is 10.3. The number of anilines is 1. The van der Waals surface area contributed by atoms with Gasteiger partial charge in [0.1, 0.15) is 12.5 Å². The van der Waals surface area contributed by atoms with Crippen molar-refractivity contribution >= 4 is 5.69 Å². The van der Waals surface area contributed by atoms with Crippen molar-refractivity contribution in [1.82, 2.24) is 0 Å². The average Bonchev–Trinajstić information content (AvgIpc) is 2.56. The SMILES string of the molecule is Nc1cccc(C2OC=CO2)c1. The minimum atomic E-state index is -0.325. The number of rotatable bonds is 1. The van der Waals surface area contributed by atoms with Crippen LogP contribution in [0.1, 0.15) is 11.9 Å². The third kappa shape index (κ3) is 1.21. The molecule has 2 rings (SSSR count). The maximum absolute atomic E-state index is 5.59. The fourth-order valence-electron chi connectivity index (χ4n) is 1.10. The van der Waals surface area contributed by atoms with Crippen molar-refractivity contribution < 1.29 is 9.47 Å². The molecule has 0 atom stereocenters. The molecule has 1 heterocycles. The summed E-state index contributed by atoms with van der Waals surface area (Å²) in [5.74, 6) is 0. The number of hydrogen-bond acceptors (Lipinski definition) is 3. The summed E-state index contributed by atoms with van der Waals surface area (Å²) in [6.45, 7) is 0. The summed E-state index contributed by atoms with van der Waals surface area (Å²) in [6, 6.07) is 7.44. The summed E-state index contributed by atoms with van der Waals surface area (Å²) in [5.41, 5.74) is 7.24. The first kappa shape index (κ1) is 7.03. The number of ether oxygens (including phenoxy) is 2. The Morgan fingerprint density at radius 1 is 1.17 bits per heavy atom. The maximum atomic E-state index is 5.59. The highest BCUT2D eigenvalue weighted by Gasteiger charge is 2.14. The Bertz CT molecular complexity index is 301. The lowest BCUT2D eigenvalue weighted by Gasteiger charge is -2.10. The first-order chi connectivity index (χ1) is 5.86. The van der Waals surface area contributed by atoms with Gasteiger partial charge in [0, 0.05) is 11.3 Å². The molecule has 1 aliphatic rings. The Labute approximate surface area is 70.4 Å². The number of nitrogens with two attached hydrogens (primary N) is 1. The topological polar surface area (TPSA) is 44.5 Å². The zero-order chi connectivity index (χ0) is 8.39. The van der Waals surface area contributed by atoms with Crippen molar-refractivity contribution in [2.45, 2.75) is 6.29 Å². The number of benzene rings is 1. The van der Waals surface area contributed by atoms with Gasteiger partial charge in [-0.25, -0.2) is 0 Å². The van der Waals surface area contributed by atoms with Crippen molar-refractivity contribution in [3.05, 3.63) is 42.4 Å². The van der Waals surface area contributed by atoms with E-state index in [9.17, 15) is 0 Å². The molecule has 12 heavy (non-hydrogen) atoms. The molecule has 0 bridgehead atoms. The van der Waals surface area contributed by atoms with Crippen molar-refractivity contribution in [2.75, 3.05) is 5.73 Å². The van der Waals surface area contributed by atoms with Crippen LogP contribution in [0.4, 0.5) is 5.69 Å². The van der Waals surface area contributed by atoms with E-state index >= 15 is 0 Å². The molecule has 2 N–H and O–H groups in total. The molecule has 3 heteroatoms. The Kier molecular flexibility index (Phi) is 1.63. The largest absolute Gasteiger partial charge is 0.455 e. The summed E-state index contributed by atoms with van der Waals surface area (Å²) in [4.78, 5) is 0. The van der Waals surface area contributed by atoms with Gasteiger partial charge in [-0.3, -0.25) is 0 Å². The molecule has 1 aliphatic heterocycles. The van der Waals surface area contributed by atoms with Crippen LogP contribution in [-0.4, -0.2) is 0 Å². The van der Waals surface area contributed by atoms with E-state index in [0.29, 0.717) is 5.69 Å². The Morgan fingerprint density at radius 3 is 2.58 bits per heavy atom. The molecular weight excluding hydrogens is 154 g/mol. The van der Waals surface area contributed by atoms with E-state index in [1.165, 1.54) is 12.5 Å². The predicted octanol–water partition coefficient (Wildman–Crippen LogP) is 1.79. The van der Waals surface area contributed by atoms with Gasteiger partial charge < -0.3 is 15.2 Å². The first-order valence-corrected chi connectivity index (χ1v) is 3.67. The quantitative estimate of drug-likeness (QED) is 0.642. The second-order valence-corrected chi connectivity index (χ2v) is 2.55. The lowest BCUT2D eigenvalue weighted by Crippen LogP contribution is -1.98.